The molecule has 170 valence electrons. The van der Waals surface area contributed by atoms with Crippen molar-refractivity contribution in [1.82, 2.24) is 15.3 Å². The van der Waals surface area contributed by atoms with Crippen molar-refractivity contribution >= 4 is 28.4 Å². The Morgan fingerprint density at radius 1 is 0.971 bits per heavy atom. The van der Waals surface area contributed by atoms with E-state index in [0.717, 1.165) is 18.3 Å². The maximum atomic E-state index is 13.4. The molecule has 8 heteroatoms. The Kier molecular flexibility index (Phi) is 6.07. The Morgan fingerprint density at radius 3 is 2.62 bits per heavy atom. The average Bonchev–Trinajstić information content (AvgIpc) is 2.88. The molecule has 1 fully saturated rings. The molecule has 4 aromatic rings. The van der Waals surface area contributed by atoms with E-state index in [1.54, 1.807) is 48.7 Å². The fourth-order valence-corrected chi connectivity index (χ4v) is 3.83. The molecule has 1 amide bonds. The van der Waals surface area contributed by atoms with Crippen LogP contribution in [-0.4, -0.2) is 41.4 Å². The molecule has 0 spiro atoms. The zero-order valence-corrected chi connectivity index (χ0v) is 18.1. The van der Waals surface area contributed by atoms with Gasteiger partial charge in [-0.3, -0.25) is 14.6 Å². The molecule has 1 aromatic heterocycles. The monoisotopic (exact) mass is 456 g/mol. The van der Waals surface area contributed by atoms with E-state index in [1.165, 1.54) is 18.2 Å². The number of hydrogen-bond donors (Lipinski definition) is 2. The van der Waals surface area contributed by atoms with E-state index in [-0.39, 0.29) is 17.4 Å². The molecule has 1 atom stereocenters. The summed E-state index contributed by atoms with van der Waals surface area (Å²) in [5.41, 5.74) is 3.60. The maximum absolute atomic E-state index is 13.4. The summed E-state index contributed by atoms with van der Waals surface area (Å²) in [5.74, 6) is -1.16. The minimum atomic E-state index is -0.494. The van der Waals surface area contributed by atoms with Gasteiger partial charge in [0.2, 0.25) is 0 Å². The standard InChI is InChI=1S/C26H21FN4O3/c27-19-5-1-4-18(11-19)26(33)30-20-6-2-3-16(12-20)25(32)17-7-8-21-22(13-17)29-14-23(31-21)24-15-34-10-9-28-24/h1-8,11-14,24,28H,9-10,15H2,(H,30,33). The number of hydrogen-bond acceptors (Lipinski definition) is 6. The number of morpholine rings is 1. The molecule has 0 radical (unpaired) electrons. The summed E-state index contributed by atoms with van der Waals surface area (Å²) in [7, 11) is 0. The average molecular weight is 456 g/mol. The van der Waals surface area contributed by atoms with Crippen LogP contribution in [0.1, 0.15) is 38.0 Å². The number of rotatable bonds is 5. The van der Waals surface area contributed by atoms with Crippen LogP contribution in [0.4, 0.5) is 10.1 Å². The van der Waals surface area contributed by atoms with Crippen LogP contribution < -0.4 is 10.6 Å². The smallest absolute Gasteiger partial charge is 0.255 e. The van der Waals surface area contributed by atoms with Crippen molar-refractivity contribution in [1.29, 1.82) is 0 Å². The summed E-state index contributed by atoms with van der Waals surface area (Å²) >= 11 is 0. The normalized spacial score (nSPS) is 15.7. The summed E-state index contributed by atoms with van der Waals surface area (Å²) in [6, 6.07) is 17.2. The fourth-order valence-electron chi connectivity index (χ4n) is 3.83. The second kappa shape index (κ2) is 9.46. The van der Waals surface area contributed by atoms with Gasteiger partial charge in [-0.1, -0.05) is 18.2 Å². The number of ether oxygens (including phenoxy) is 1. The Bertz CT molecular complexity index is 1390. The molecule has 1 aliphatic heterocycles. The highest BCUT2D eigenvalue weighted by molar-refractivity contribution is 6.11. The molecule has 1 aliphatic rings. The zero-order chi connectivity index (χ0) is 23.5. The van der Waals surface area contributed by atoms with Crippen LogP contribution in [0.2, 0.25) is 0 Å². The van der Waals surface area contributed by atoms with Crippen molar-refractivity contribution in [3.8, 4) is 0 Å². The molecule has 7 nitrogen and oxygen atoms in total. The van der Waals surface area contributed by atoms with Crippen molar-refractivity contribution < 1.29 is 18.7 Å². The molecular formula is C26H21FN4O3. The Labute approximate surface area is 195 Å². The van der Waals surface area contributed by atoms with Gasteiger partial charge in [-0.05, 0) is 48.5 Å². The number of carbonyl (C=O) groups excluding carboxylic acids is 2. The number of nitrogens with one attached hydrogen (secondary N) is 2. The lowest BCUT2D eigenvalue weighted by Gasteiger charge is -2.23. The van der Waals surface area contributed by atoms with Crippen LogP contribution in [-0.2, 0) is 4.74 Å². The van der Waals surface area contributed by atoms with Gasteiger partial charge in [0.25, 0.3) is 5.91 Å². The zero-order valence-electron chi connectivity index (χ0n) is 18.1. The summed E-state index contributed by atoms with van der Waals surface area (Å²) in [6.45, 7) is 1.99. The van der Waals surface area contributed by atoms with Gasteiger partial charge in [0, 0.05) is 28.9 Å². The van der Waals surface area contributed by atoms with Crippen molar-refractivity contribution in [3.05, 3.63) is 101 Å². The van der Waals surface area contributed by atoms with Gasteiger partial charge in [-0.2, -0.15) is 0 Å². The molecule has 3 aromatic carbocycles. The van der Waals surface area contributed by atoms with Crippen molar-refractivity contribution in [3.63, 3.8) is 0 Å². The van der Waals surface area contributed by atoms with Gasteiger partial charge >= 0.3 is 0 Å². The predicted octanol–water partition coefficient (Wildman–Crippen LogP) is 3.91. The van der Waals surface area contributed by atoms with E-state index in [0.29, 0.717) is 41.1 Å². The minimum Gasteiger partial charge on any atom is -0.378 e. The first-order valence-electron chi connectivity index (χ1n) is 10.9. The van der Waals surface area contributed by atoms with Crippen LogP contribution in [0.5, 0.6) is 0 Å². The lowest BCUT2D eigenvalue weighted by atomic mass is 10.0. The summed E-state index contributed by atoms with van der Waals surface area (Å²) in [6.07, 6.45) is 1.70. The lowest BCUT2D eigenvalue weighted by molar-refractivity contribution is 0.0756. The first-order valence-corrected chi connectivity index (χ1v) is 10.9. The van der Waals surface area contributed by atoms with Crippen LogP contribution in [0.3, 0.4) is 0 Å². The predicted molar refractivity (Wildman–Crippen MR) is 125 cm³/mol. The summed E-state index contributed by atoms with van der Waals surface area (Å²) in [4.78, 5) is 34.7. The van der Waals surface area contributed by atoms with E-state index >= 15 is 0 Å². The highest BCUT2D eigenvalue weighted by atomic mass is 19.1. The molecule has 0 bridgehead atoms. The highest BCUT2D eigenvalue weighted by Crippen LogP contribution is 2.21. The number of fused-ring (bicyclic) bond motifs is 1. The van der Waals surface area contributed by atoms with Gasteiger partial charge in [-0.15, -0.1) is 0 Å². The van der Waals surface area contributed by atoms with E-state index in [2.05, 4.69) is 20.6 Å². The number of nitrogens with zero attached hydrogens (tertiary/aromatic N) is 2. The number of carbonyl (C=O) groups is 2. The third-order valence-corrected chi connectivity index (χ3v) is 5.57. The van der Waals surface area contributed by atoms with E-state index in [1.807, 2.05) is 0 Å². The fraction of sp³-hybridized carbons (Fsp3) is 0.154. The Morgan fingerprint density at radius 2 is 1.79 bits per heavy atom. The third kappa shape index (κ3) is 4.68. The van der Waals surface area contributed by atoms with E-state index in [4.69, 9.17) is 4.74 Å². The lowest BCUT2D eigenvalue weighted by Crippen LogP contribution is -2.35. The van der Waals surface area contributed by atoms with Gasteiger partial charge in [-0.25, -0.2) is 9.37 Å². The Balaban J connectivity index is 1.35. The number of halogens is 1. The second-order valence-corrected chi connectivity index (χ2v) is 7.95. The first-order chi connectivity index (χ1) is 16.6. The van der Waals surface area contributed by atoms with Gasteiger partial charge in [0.1, 0.15) is 5.82 Å². The van der Waals surface area contributed by atoms with E-state index in [9.17, 15) is 14.0 Å². The van der Waals surface area contributed by atoms with Crippen molar-refractivity contribution in [2.75, 3.05) is 25.1 Å². The number of aromatic nitrogens is 2. The van der Waals surface area contributed by atoms with Crippen LogP contribution >= 0.6 is 0 Å². The second-order valence-electron chi connectivity index (χ2n) is 7.95. The largest absolute Gasteiger partial charge is 0.378 e. The van der Waals surface area contributed by atoms with Gasteiger partial charge in [0.05, 0.1) is 42.2 Å². The maximum Gasteiger partial charge on any atom is 0.255 e. The molecule has 5 rings (SSSR count). The van der Waals surface area contributed by atoms with Crippen LogP contribution in [0, 0.1) is 5.82 Å². The molecule has 1 unspecified atom stereocenters. The molecular weight excluding hydrogens is 435 g/mol. The molecule has 2 heterocycles. The van der Waals surface area contributed by atoms with E-state index < -0.39 is 11.7 Å². The summed E-state index contributed by atoms with van der Waals surface area (Å²) in [5, 5.41) is 6.06. The van der Waals surface area contributed by atoms with Crippen molar-refractivity contribution in [2.45, 2.75) is 6.04 Å². The number of anilines is 1. The molecule has 0 aliphatic carbocycles. The van der Waals surface area contributed by atoms with Gasteiger partial charge in [0.15, 0.2) is 5.78 Å². The quantitative estimate of drug-likeness (QED) is 0.443. The van der Waals surface area contributed by atoms with Crippen molar-refractivity contribution in [2.24, 2.45) is 0 Å². The topological polar surface area (TPSA) is 93.2 Å². The number of benzene rings is 3. The highest BCUT2D eigenvalue weighted by Gasteiger charge is 2.18. The Hall–Kier alpha value is -4.01. The molecule has 1 saturated heterocycles. The number of amides is 1. The van der Waals surface area contributed by atoms with Gasteiger partial charge < -0.3 is 15.4 Å². The number of ketones is 1. The molecule has 34 heavy (non-hydrogen) atoms. The SMILES string of the molecule is O=C(Nc1cccc(C(=O)c2ccc3nc(C4COCCN4)cnc3c2)c1)c1cccc(F)c1. The minimum absolute atomic E-state index is 0.00251. The third-order valence-electron chi connectivity index (χ3n) is 5.57. The van der Waals surface area contributed by atoms with Crippen LogP contribution in [0.25, 0.3) is 11.0 Å². The summed E-state index contributed by atoms with van der Waals surface area (Å²) < 4.78 is 18.9. The molecule has 0 saturated carbocycles. The first kappa shape index (κ1) is 21.8. The molecule has 2 N–H and O–H groups in total. The van der Waals surface area contributed by atoms with Crippen LogP contribution in [0.15, 0.2) is 72.9 Å².